The summed E-state index contributed by atoms with van der Waals surface area (Å²) < 4.78 is 12.7. The van der Waals surface area contributed by atoms with Crippen LogP contribution >= 0.6 is 12.6 Å². The van der Waals surface area contributed by atoms with E-state index < -0.39 is 0 Å². The van der Waals surface area contributed by atoms with Crippen molar-refractivity contribution in [1.29, 1.82) is 0 Å². The number of nitrogens with one attached hydrogen (secondary N) is 1. The first-order chi connectivity index (χ1) is 7.31. The molecule has 0 saturated heterocycles. The van der Waals surface area contributed by atoms with Gasteiger partial charge in [0.25, 0.3) is 0 Å². The van der Waals surface area contributed by atoms with Gasteiger partial charge in [0.05, 0.1) is 11.9 Å². The molecule has 78 valence electrons. The maximum atomic E-state index is 12.7. The van der Waals surface area contributed by atoms with Gasteiger partial charge in [0.1, 0.15) is 5.82 Å². The third-order valence-corrected chi connectivity index (χ3v) is 2.46. The first kappa shape index (κ1) is 10.2. The Morgan fingerprint density at radius 2 is 2.00 bits per heavy atom. The predicted molar refractivity (Wildman–Crippen MR) is 61.5 cm³/mol. The molecule has 0 saturated carbocycles. The molecule has 2 nitrogen and oxygen atoms in total. The van der Waals surface area contributed by atoms with Gasteiger partial charge in [-0.25, -0.2) is 4.39 Å². The summed E-state index contributed by atoms with van der Waals surface area (Å²) in [4.78, 5) is 0. The topological polar surface area (TPSA) is 28.7 Å². The Labute approximate surface area is 92.9 Å². The highest BCUT2D eigenvalue weighted by Gasteiger charge is 2.06. The molecule has 0 amide bonds. The molecule has 15 heavy (non-hydrogen) atoms. The normalized spacial score (nSPS) is 10.5. The fourth-order valence-electron chi connectivity index (χ4n) is 1.49. The lowest BCUT2D eigenvalue weighted by Gasteiger charge is -2.01. The molecular formula is C11H11FN2S. The molecule has 0 spiro atoms. The molecule has 0 fully saturated rings. The zero-order valence-corrected chi connectivity index (χ0v) is 8.97. The minimum Gasteiger partial charge on any atom is -0.278 e. The van der Waals surface area contributed by atoms with Crippen LogP contribution < -0.4 is 0 Å². The molecule has 2 aromatic rings. The van der Waals surface area contributed by atoms with E-state index in [-0.39, 0.29) is 5.82 Å². The van der Waals surface area contributed by atoms with E-state index >= 15 is 0 Å². The van der Waals surface area contributed by atoms with Crippen molar-refractivity contribution in [3.8, 4) is 11.3 Å². The number of hydrogen-bond acceptors (Lipinski definition) is 2. The first-order valence-corrected chi connectivity index (χ1v) is 5.33. The van der Waals surface area contributed by atoms with Crippen molar-refractivity contribution >= 4 is 12.6 Å². The van der Waals surface area contributed by atoms with Gasteiger partial charge < -0.3 is 0 Å². The molecule has 0 radical (unpaired) electrons. The molecule has 4 heteroatoms. The predicted octanol–water partition coefficient (Wildman–Crippen LogP) is 2.69. The summed E-state index contributed by atoms with van der Waals surface area (Å²) in [6, 6.07) is 6.37. The van der Waals surface area contributed by atoms with E-state index in [1.54, 1.807) is 18.3 Å². The second kappa shape index (κ2) is 4.49. The van der Waals surface area contributed by atoms with Gasteiger partial charge in [0.15, 0.2) is 0 Å². The second-order valence-electron chi connectivity index (χ2n) is 3.25. The van der Waals surface area contributed by atoms with E-state index in [0.717, 1.165) is 29.0 Å². The number of aromatic nitrogens is 2. The fraction of sp³-hybridized carbons (Fsp3) is 0.182. The van der Waals surface area contributed by atoms with Gasteiger partial charge in [0.2, 0.25) is 0 Å². The van der Waals surface area contributed by atoms with Crippen molar-refractivity contribution in [1.82, 2.24) is 10.2 Å². The van der Waals surface area contributed by atoms with Gasteiger partial charge in [-0.1, -0.05) is 0 Å². The SMILES string of the molecule is Fc1ccc(-c2[nH]ncc2CCS)cc1. The van der Waals surface area contributed by atoms with Crippen molar-refractivity contribution in [2.75, 3.05) is 5.75 Å². The number of halogens is 1. The van der Waals surface area contributed by atoms with Crippen molar-refractivity contribution in [2.45, 2.75) is 6.42 Å². The van der Waals surface area contributed by atoms with E-state index in [9.17, 15) is 4.39 Å². The van der Waals surface area contributed by atoms with Crippen LogP contribution in [0.25, 0.3) is 11.3 Å². The molecule has 2 rings (SSSR count). The van der Waals surface area contributed by atoms with Crippen LogP contribution in [0.5, 0.6) is 0 Å². The number of aryl methyl sites for hydroxylation is 1. The Morgan fingerprint density at radius 3 is 2.67 bits per heavy atom. The lowest BCUT2D eigenvalue weighted by atomic mass is 10.1. The number of thiol groups is 1. The van der Waals surface area contributed by atoms with Gasteiger partial charge in [0, 0.05) is 5.56 Å². The average molecular weight is 222 g/mol. The van der Waals surface area contributed by atoms with E-state index in [4.69, 9.17) is 0 Å². The van der Waals surface area contributed by atoms with Gasteiger partial charge in [-0.15, -0.1) is 0 Å². The lowest BCUT2D eigenvalue weighted by molar-refractivity contribution is 0.628. The molecular weight excluding hydrogens is 211 g/mol. The van der Waals surface area contributed by atoms with Gasteiger partial charge in [-0.05, 0) is 42.0 Å². The van der Waals surface area contributed by atoms with E-state index in [0.29, 0.717) is 0 Å². The highest BCUT2D eigenvalue weighted by atomic mass is 32.1. The highest BCUT2D eigenvalue weighted by Crippen LogP contribution is 2.21. The standard InChI is InChI=1S/C11H11FN2S/c12-10-3-1-8(2-4-10)11-9(5-6-15)7-13-14-11/h1-4,7,15H,5-6H2,(H,13,14). The van der Waals surface area contributed by atoms with Gasteiger partial charge in [-0.2, -0.15) is 17.7 Å². The van der Waals surface area contributed by atoms with Crippen molar-refractivity contribution in [3.05, 3.63) is 41.8 Å². The van der Waals surface area contributed by atoms with Crippen LogP contribution in [-0.4, -0.2) is 16.0 Å². The molecule has 0 aliphatic rings. The molecule has 1 N–H and O–H groups in total. The van der Waals surface area contributed by atoms with E-state index in [2.05, 4.69) is 22.8 Å². The van der Waals surface area contributed by atoms with Crippen LogP contribution in [0.2, 0.25) is 0 Å². The molecule has 1 aromatic carbocycles. The monoisotopic (exact) mass is 222 g/mol. The molecule has 1 aromatic heterocycles. The van der Waals surface area contributed by atoms with E-state index in [1.807, 2.05) is 0 Å². The molecule has 0 atom stereocenters. The summed E-state index contributed by atoms with van der Waals surface area (Å²) in [7, 11) is 0. The summed E-state index contributed by atoms with van der Waals surface area (Å²) in [5.74, 6) is 0.544. The average Bonchev–Trinajstić information content (AvgIpc) is 2.68. The number of aromatic amines is 1. The number of rotatable bonds is 3. The molecule has 1 heterocycles. The maximum absolute atomic E-state index is 12.7. The Balaban J connectivity index is 2.36. The van der Waals surface area contributed by atoms with Crippen molar-refractivity contribution in [3.63, 3.8) is 0 Å². The molecule has 0 aliphatic heterocycles. The fourth-order valence-corrected chi connectivity index (χ4v) is 1.73. The van der Waals surface area contributed by atoms with E-state index in [1.165, 1.54) is 12.1 Å². The van der Waals surface area contributed by atoms with Gasteiger partial charge in [-0.3, -0.25) is 5.10 Å². The summed E-state index contributed by atoms with van der Waals surface area (Å²) in [6.45, 7) is 0. The van der Waals surface area contributed by atoms with Crippen molar-refractivity contribution < 1.29 is 4.39 Å². The maximum Gasteiger partial charge on any atom is 0.123 e. The summed E-state index contributed by atoms with van der Waals surface area (Å²) in [5.41, 5.74) is 3.01. The number of benzene rings is 1. The Hall–Kier alpha value is -1.29. The summed E-state index contributed by atoms with van der Waals surface area (Å²) in [6.07, 6.45) is 2.64. The van der Waals surface area contributed by atoms with Crippen LogP contribution in [0, 0.1) is 5.82 Å². The number of H-pyrrole nitrogens is 1. The molecule has 0 aliphatic carbocycles. The van der Waals surface area contributed by atoms with Crippen LogP contribution in [0.1, 0.15) is 5.56 Å². The minimum atomic E-state index is -0.228. The first-order valence-electron chi connectivity index (χ1n) is 4.70. The highest BCUT2D eigenvalue weighted by molar-refractivity contribution is 7.80. The van der Waals surface area contributed by atoms with Crippen LogP contribution in [0.15, 0.2) is 30.5 Å². The number of hydrogen-bond donors (Lipinski definition) is 2. The quantitative estimate of drug-likeness (QED) is 0.768. The zero-order valence-electron chi connectivity index (χ0n) is 8.07. The second-order valence-corrected chi connectivity index (χ2v) is 3.70. The lowest BCUT2D eigenvalue weighted by Crippen LogP contribution is -1.88. The van der Waals surface area contributed by atoms with Crippen LogP contribution in [0.4, 0.5) is 4.39 Å². The Morgan fingerprint density at radius 1 is 1.27 bits per heavy atom. The van der Waals surface area contributed by atoms with Crippen molar-refractivity contribution in [2.24, 2.45) is 0 Å². The summed E-state index contributed by atoms with van der Waals surface area (Å²) >= 11 is 4.18. The van der Waals surface area contributed by atoms with Crippen LogP contribution in [-0.2, 0) is 6.42 Å². The van der Waals surface area contributed by atoms with Crippen LogP contribution in [0.3, 0.4) is 0 Å². The third-order valence-electron chi connectivity index (χ3n) is 2.23. The number of nitrogens with zero attached hydrogens (tertiary/aromatic N) is 1. The Bertz CT molecular complexity index is 436. The third kappa shape index (κ3) is 2.21. The Kier molecular flexibility index (Phi) is 3.06. The van der Waals surface area contributed by atoms with Gasteiger partial charge >= 0.3 is 0 Å². The smallest absolute Gasteiger partial charge is 0.123 e. The zero-order chi connectivity index (χ0) is 10.7. The summed E-state index contributed by atoms with van der Waals surface area (Å²) in [5, 5.41) is 6.91. The minimum absolute atomic E-state index is 0.228. The molecule has 0 unspecified atom stereocenters. The largest absolute Gasteiger partial charge is 0.278 e. The molecule has 0 bridgehead atoms.